The lowest BCUT2D eigenvalue weighted by Crippen LogP contribution is -2.30. The van der Waals surface area contributed by atoms with Gasteiger partial charge in [0.25, 0.3) is 10.2 Å². The summed E-state index contributed by atoms with van der Waals surface area (Å²) >= 11 is 5.52. The number of hydrogen-bond acceptors (Lipinski definition) is 4. The maximum Gasteiger partial charge on any atom is 0.300 e. The van der Waals surface area contributed by atoms with Crippen LogP contribution in [-0.4, -0.2) is 24.9 Å². The largest absolute Gasteiger partial charge is 0.300 e. The van der Waals surface area contributed by atoms with Crippen molar-refractivity contribution in [2.45, 2.75) is 6.92 Å². The molecule has 2 N–H and O–H groups in total. The first-order chi connectivity index (χ1) is 6.53. The zero-order valence-electron chi connectivity index (χ0n) is 7.36. The molecule has 0 saturated heterocycles. The van der Waals surface area contributed by atoms with Crippen LogP contribution < -0.4 is 9.44 Å². The van der Waals surface area contributed by atoms with E-state index in [2.05, 4.69) is 19.4 Å². The van der Waals surface area contributed by atoms with E-state index >= 15 is 0 Å². The lowest BCUT2D eigenvalue weighted by Gasteiger charge is -2.05. The molecular formula is C6H9ClN4O2S. The number of hydrogen-bond donors (Lipinski definition) is 2. The predicted octanol–water partition coefficient (Wildman–Crippen LogP) is 0.396. The Labute approximate surface area is 86.9 Å². The van der Waals surface area contributed by atoms with E-state index in [1.54, 1.807) is 6.92 Å². The summed E-state index contributed by atoms with van der Waals surface area (Å²) < 4.78 is 26.8. The first-order valence-corrected chi connectivity index (χ1v) is 5.64. The van der Waals surface area contributed by atoms with Crippen LogP contribution in [0.25, 0.3) is 0 Å². The summed E-state index contributed by atoms with van der Waals surface area (Å²) in [7, 11) is -3.56. The monoisotopic (exact) mass is 236 g/mol. The van der Waals surface area contributed by atoms with E-state index in [-0.39, 0.29) is 11.0 Å². The van der Waals surface area contributed by atoms with Crippen LogP contribution in [0.4, 0.5) is 5.82 Å². The van der Waals surface area contributed by atoms with Crippen LogP contribution in [0.3, 0.4) is 0 Å². The molecule has 0 aliphatic heterocycles. The average molecular weight is 237 g/mol. The van der Waals surface area contributed by atoms with Gasteiger partial charge in [0.2, 0.25) is 0 Å². The Morgan fingerprint density at radius 3 is 2.79 bits per heavy atom. The van der Waals surface area contributed by atoms with Crippen LogP contribution in [0.2, 0.25) is 5.15 Å². The molecule has 8 heteroatoms. The topological polar surface area (TPSA) is 84.0 Å². The number of rotatable bonds is 4. The second-order valence-corrected chi connectivity index (χ2v) is 4.22. The third-order valence-corrected chi connectivity index (χ3v) is 2.51. The average Bonchev–Trinajstić information content (AvgIpc) is 2.02. The fourth-order valence-electron chi connectivity index (χ4n) is 0.755. The lowest BCUT2D eigenvalue weighted by atomic mass is 10.7. The van der Waals surface area contributed by atoms with E-state index in [9.17, 15) is 8.42 Å². The second-order valence-electron chi connectivity index (χ2n) is 2.33. The molecule has 0 aromatic carbocycles. The van der Waals surface area contributed by atoms with Gasteiger partial charge in [-0.3, -0.25) is 9.71 Å². The third kappa shape index (κ3) is 3.44. The van der Waals surface area contributed by atoms with Crippen molar-refractivity contribution in [3.05, 3.63) is 17.5 Å². The molecule has 1 rings (SSSR count). The van der Waals surface area contributed by atoms with Gasteiger partial charge in [0.1, 0.15) is 5.15 Å². The summed E-state index contributed by atoms with van der Waals surface area (Å²) in [6, 6.07) is 0. The SMILES string of the molecule is CCNS(=O)(=O)Nc1cncc(Cl)n1. The van der Waals surface area contributed by atoms with Crippen molar-refractivity contribution in [3.63, 3.8) is 0 Å². The molecule has 78 valence electrons. The molecule has 0 aliphatic rings. The van der Waals surface area contributed by atoms with E-state index < -0.39 is 10.2 Å². The van der Waals surface area contributed by atoms with Gasteiger partial charge in [-0.15, -0.1) is 0 Å². The summed E-state index contributed by atoms with van der Waals surface area (Å²) in [4.78, 5) is 7.39. The molecule has 0 fully saturated rings. The van der Waals surface area contributed by atoms with Crippen LogP contribution >= 0.6 is 11.6 Å². The van der Waals surface area contributed by atoms with E-state index in [1.807, 2.05) is 0 Å². The summed E-state index contributed by atoms with van der Waals surface area (Å²) in [5.74, 6) is 0.0819. The molecule has 0 atom stereocenters. The van der Waals surface area contributed by atoms with Gasteiger partial charge < -0.3 is 0 Å². The Balaban J connectivity index is 2.79. The van der Waals surface area contributed by atoms with Crippen molar-refractivity contribution in [2.24, 2.45) is 0 Å². The molecule has 1 aromatic heterocycles. The molecule has 0 amide bonds. The summed E-state index contributed by atoms with van der Waals surface area (Å²) in [5.41, 5.74) is 0. The molecule has 1 heterocycles. The van der Waals surface area contributed by atoms with Crippen molar-refractivity contribution in [2.75, 3.05) is 11.3 Å². The Bertz CT molecular complexity index is 408. The van der Waals surface area contributed by atoms with Crippen molar-refractivity contribution < 1.29 is 8.42 Å². The number of nitrogens with one attached hydrogen (secondary N) is 2. The molecule has 0 spiro atoms. The zero-order valence-corrected chi connectivity index (χ0v) is 8.93. The Morgan fingerprint density at radius 1 is 1.50 bits per heavy atom. The lowest BCUT2D eigenvalue weighted by molar-refractivity contribution is 0.589. The summed E-state index contributed by atoms with van der Waals surface area (Å²) in [6.45, 7) is 1.96. The Kier molecular flexibility index (Phi) is 3.62. The van der Waals surface area contributed by atoms with Crippen molar-refractivity contribution in [3.8, 4) is 0 Å². The minimum absolute atomic E-state index is 0.0819. The van der Waals surface area contributed by atoms with Crippen molar-refractivity contribution >= 4 is 27.6 Å². The van der Waals surface area contributed by atoms with Gasteiger partial charge in [-0.1, -0.05) is 18.5 Å². The first-order valence-electron chi connectivity index (χ1n) is 3.78. The molecular weight excluding hydrogens is 228 g/mol. The fourth-order valence-corrected chi connectivity index (χ4v) is 1.73. The third-order valence-electron chi connectivity index (χ3n) is 1.18. The Hall–Kier alpha value is -0.920. The molecule has 0 radical (unpaired) electrons. The van der Waals surface area contributed by atoms with Gasteiger partial charge in [-0.25, -0.2) is 4.98 Å². The Morgan fingerprint density at radius 2 is 2.21 bits per heavy atom. The van der Waals surface area contributed by atoms with E-state index in [0.29, 0.717) is 6.54 Å². The van der Waals surface area contributed by atoms with E-state index in [4.69, 9.17) is 11.6 Å². The van der Waals surface area contributed by atoms with Crippen LogP contribution in [0.5, 0.6) is 0 Å². The summed E-state index contributed by atoms with van der Waals surface area (Å²) in [6.07, 6.45) is 2.58. The number of aromatic nitrogens is 2. The highest BCUT2D eigenvalue weighted by Gasteiger charge is 2.08. The highest BCUT2D eigenvalue weighted by atomic mass is 35.5. The first kappa shape index (κ1) is 11.2. The van der Waals surface area contributed by atoms with Gasteiger partial charge in [-0.2, -0.15) is 13.1 Å². The van der Waals surface area contributed by atoms with Crippen LogP contribution in [-0.2, 0) is 10.2 Å². The van der Waals surface area contributed by atoms with E-state index in [0.717, 1.165) is 0 Å². The molecule has 0 unspecified atom stereocenters. The van der Waals surface area contributed by atoms with Crippen LogP contribution in [0.1, 0.15) is 6.92 Å². The van der Waals surface area contributed by atoms with Crippen LogP contribution in [0, 0.1) is 0 Å². The number of anilines is 1. The molecule has 0 saturated carbocycles. The van der Waals surface area contributed by atoms with Gasteiger partial charge in [-0.05, 0) is 0 Å². The quantitative estimate of drug-likeness (QED) is 0.793. The molecule has 0 aliphatic carbocycles. The predicted molar refractivity (Wildman–Crippen MR) is 53.3 cm³/mol. The highest BCUT2D eigenvalue weighted by molar-refractivity contribution is 7.90. The van der Waals surface area contributed by atoms with Crippen molar-refractivity contribution in [1.29, 1.82) is 0 Å². The molecule has 1 aromatic rings. The second kappa shape index (κ2) is 4.54. The normalized spacial score (nSPS) is 11.3. The van der Waals surface area contributed by atoms with Gasteiger partial charge in [0.05, 0.1) is 12.4 Å². The highest BCUT2D eigenvalue weighted by Crippen LogP contribution is 2.07. The number of nitrogens with zero attached hydrogens (tertiary/aromatic N) is 2. The van der Waals surface area contributed by atoms with Crippen molar-refractivity contribution in [1.82, 2.24) is 14.7 Å². The number of halogens is 1. The minimum Gasteiger partial charge on any atom is -0.258 e. The van der Waals surface area contributed by atoms with Gasteiger partial charge in [0.15, 0.2) is 5.82 Å². The maximum absolute atomic E-state index is 11.2. The molecule has 6 nitrogen and oxygen atoms in total. The van der Waals surface area contributed by atoms with Crippen LogP contribution in [0.15, 0.2) is 12.4 Å². The zero-order chi connectivity index (χ0) is 10.6. The smallest absolute Gasteiger partial charge is 0.258 e. The molecule has 14 heavy (non-hydrogen) atoms. The van der Waals surface area contributed by atoms with Gasteiger partial charge >= 0.3 is 0 Å². The fraction of sp³-hybridized carbons (Fsp3) is 0.333. The minimum atomic E-state index is -3.56. The maximum atomic E-state index is 11.2. The summed E-state index contributed by atoms with van der Waals surface area (Å²) in [5, 5.41) is 0.127. The van der Waals surface area contributed by atoms with Gasteiger partial charge in [0, 0.05) is 6.54 Å². The standard InChI is InChI=1S/C6H9ClN4O2S/c1-2-9-14(12,13)11-6-4-8-3-5(7)10-6/h3-4,9H,2H2,1H3,(H,10,11). The molecule has 0 bridgehead atoms. The van der Waals surface area contributed by atoms with E-state index in [1.165, 1.54) is 12.4 Å².